The van der Waals surface area contributed by atoms with Crippen molar-refractivity contribution in [2.75, 3.05) is 20.8 Å². The molecule has 0 aromatic heterocycles. The smallest absolute Gasteiger partial charge is 0.291 e. The number of aliphatic imine (C=N–C) groups is 1. The number of benzene rings is 2. The maximum Gasteiger partial charge on any atom is 0.291 e. The van der Waals surface area contributed by atoms with Crippen molar-refractivity contribution in [3.8, 4) is 5.75 Å². The molecule has 2 aromatic carbocycles. The molecule has 0 unspecified atom stereocenters. The first-order chi connectivity index (χ1) is 11.7. The van der Waals surface area contributed by atoms with Gasteiger partial charge in [-0.1, -0.05) is 30.3 Å². The first-order valence-electron chi connectivity index (χ1n) is 7.80. The summed E-state index contributed by atoms with van der Waals surface area (Å²) in [6.45, 7) is 0.584. The van der Waals surface area contributed by atoms with Crippen molar-refractivity contribution in [1.29, 1.82) is 0 Å². The third-order valence-corrected chi connectivity index (χ3v) is 3.49. The summed E-state index contributed by atoms with van der Waals surface area (Å²) >= 11 is 0. The molecule has 0 bridgehead atoms. The van der Waals surface area contributed by atoms with Gasteiger partial charge in [-0.3, -0.25) is 10.1 Å². The largest absolute Gasteiger partial charge is 0.497 e. The molecule has 0 aliphatic carbocycles. The van der Waals surface area contributed by atoms with E-state index in [1.807, 2.05) is 18.2 Å². The Morgan fingerprint density at radius 1 is 1.04 bits per heavy atom. The van der Waals surface area contributed by atoms with Crippen molar-refractivity contribution < 1.29 is 14.3 Å². The van der Waals surface area contributed by atoms with Gasteiger partial charge in [0, 0.05) is 12.1 Å². The van der Waals surface area contributed by atoms with Gasteiger partial charge >= 0.3 is 0 Å². The topological polar surface area (TPSA) is 59.9 Å². The molecular formula is C19H22N2O3. The number of ether oxygens (including phenoxy) is 2. The van der Waals surface area contributed by atoms with Crippen molar-refractivity contribution >= 4 is 11.9 Å². The zero-order valence-corrected chi connectivity index (χ0v) is 14.0. The van der Waals surface area contributed by atoms with Crippen LogP contribution >= 0.6 is 0 Å². The molecule has 5 heteroatoms. The summed E-state index contributed by atoms with van der Waals surface area (Å²) in [5.74, 6) is 0.439. The Balaban J connectivity index is 1.84. The lowest BCUT2D eigenvalue weighted by Gasteiger charge is -2.08. The lowest BCUT2D eigenvalue weighted by molar-refractivity contribution is 0.0968. The number of aryl methyl sites for hydroxylation is 1. The van der Waals surface area contributed by atoms with E-state index in [4.69, 9.17) is 9.47 Å². The van der Waals surface area contributed by atoms with Crippen molar-refractivity contribution in [2.24, 2.45) is 4.99 Å². The molecule has 2 rings (SSSR count). The van der Waals surface area contributed by atoms with Gasteiger partial charge in [0.15, 0.2) is 0 Å². The molecule has 0 aliphatic rings. The lowest BCUT2D eigenvalue weighted by atomic mass is 10.1. The molecule has 0 atom stereocenters. The van der Waals surface area contributed by atoms with E-state index in [2.05, 4.69) is 22.4 Å². The number of nitrogens with one attached hydrogen (secondary N) is 1. The number of carbonyl (C=O) groups excluding carboxylic acids is 1. The Labute approximate surface area is 142 Å². The van der Waals surface area contributed by atoms with Crippen LogP contribution in [0.4, 0.5) is 0 Å². The Kier molecular flexibility index (Phi) is 6.83. The fraction of sp³-hybridized carbons (Fsp3) is 0.263. The second kappa shape index (κ2) is 9.35. The van der Waals surface area contributed by atoms with Crippen LogP contribution in [0.5, 0.6) is 5.75 Å². The Morgan fingerprint density at radius 3 is 2.38 bits per heavy atom. The third-order valence-electron chi connectivity index (χ3n) is 3.49. The second-order valence-corrected chi connectivity index (χ2v) is 5.16. The summed E-state index contributed by atoms with van der Waals surface area (Å²) in [4.78, 5) is 16.4. The zero-order chi connectivity index (χ0) is 17.2. The quantitative estimate of drug-likeness (QED) is 0.504. The molecule has 5 nitrogen and oxygen atoms in total. The van der Waals surface area contributed by atoms with Crippen molar-refractivity contribution in [1.82, 2.24) is 5.32 Å². The summed E-state index contributed by atoms with van der Waals surface area (Å²) in [5.41, 5.74) is 1.79. The van der Waals surface area contributed by atoms with Crippen LogP contribution in [0.3, 0.4) is 0 Å². The molecular weight excluding hydrogens is 304 g/mol. The summed E-state index contributed by atoms with van der Waals surface area (Å²) in [5, 5.41) is 2.67. The summed E-state index contributed by atoms with van der Waals surface area (Å²) in [6, 6.07) is 17.3. The number of methoxy groups -OCH3 is 2. The van der Waals surface area contributed by atoms with Gasteiger partial charge in [0.2, 0.25) is 0 Å². The predicted octanol–water partition coefficient (Wildman–Crippen LogP) is 3.06. The predicted molar refractivity (Wildman–Crippen MR) is 94.5 cm³/mol. The zero-order valence-electron chi connectivity index (χ0n) is 14.0. The van der Waals surface area contributed by atoms with Crippen molar-refractivity contribution in [3.63, 3.8) is 0 Å². The van der Waals surface area contributed by atoms with Crippen LogP contribution in [0.15, 0.2) is 59.6 Å². The van der Waals surface area contributed by atoms with Gasteiger partial charge in [-0.2, -0.15) is 0 Å². The van der Waals surface area contributed by atoms with Gasteiger partial charge in [0.25, 0.3) is 11.9 Å². The highest BCUT2D eigenvalue weighted by molar-refractivity contribution is 6.04. The first kappa shape index (κ1) is 17.5. The summed E-state index contributed by atoms with van der Waals surface area (Å²) in [7, 11) is 3.07. The van der Waals surface area contributed by atoms with Crippen molar-refractivity contribution in [3.05, 3.63) is 65.7 Å². The molecule has 1 N–H and O–H groups in total. The van der Waals surface area contributed by atoms with Crippen LogP contribution in [0.2, 0.25) is 0 Å². The van der Waals surface area contributed by atoms with E-state index in [0.29, 0.717) is 17.9 Å². The minimum atomic E-state index is -0.263. The fourth-order valence-corrected chi connectivity index (χ4v) is 2.18. The van der Waals surface area contributed by atoms with E-state index in [1.54, 1.807) is 31.4 Å². The number of nitrogens with zero attached hydrogens (tertiary/aromatic N) is 1. The number of rotatable bonds is 6. The third kappa shape index (κ3) is 5.43. The molecule has 0 aliphatic heterocycles. The highest BCUT2D eigenvalue weighted by atomic mass is 16.5. The Bertz CT molecular complexity index is 667. The van der Waals surface area contributed by atoms with Crippen LogP contribution in [0, 0.1) is 0 Å². The summed E-state index contributed by atoms with van der Waals surface area (Å²) in [6.07, 6.45) is 1.82. The van der Waals surface area contributed by atoms with Gasteiger partial charge in [0.05, 0.1) is 14.2 Å². The van der Waals surface area contributed by atoms with Crippen LogP contribution < -0.4 is 10.1 Å². The minimum absolute atomic E-state index is 0.226. The van der Waals surface area contributed by atoms with Gasteiger partial charge < -0.3 is 9.47 Å². The highest BCUT2D eigenvalue weighted by Crippen LogP contribution is 2.11. The van der Waals surface area contributed by atoms with Crippen LogP contribution in [-0.2, 0) is 11.2 Å². The maximum atomic E-state index is 12.2. The van der Waals surface area contributed by atoms with Crippen molar-refractivity contribution in [2.45, 2.75) is 12.8 Å². The van der Waals surface area contributed by atoms with E-state index in [0.717, 1.165) is 12.8 Å². The van der Waals surface area contributed by atoms with E-state index < -0.39 is 0 Å². The van der Waals surface area contributed by atoms with E-state index in [1.165, 1.54) is 12.7 Å². The molecule has 126 valence electrons. The SMILES string of the molecule is COC(=NCCCc1ccccc1)NC(=O)c1ccc(OC)cc1. The van der Waals surface area contributed by atoms with Crippen LogP contribution in [0.25, 0.3) is 0 Å². The van der Waals surface area contributed by atoms with Gasteiger partial charge in [-0.25, -0.2) is 4.99 Å². The molecule has 0 radical (unpaired) electrons. The fourth-order valence-electron chi connectivity index (χ4n) is 2.18. The molecule has 0 saturated heterocycles. The maximum absolute atomic E-state index is 12.2. The van der Waals surface area contributed by atoms with E-state index in [-0.39, 0.29) is 11.9 Å². The average molecular weight is 326 g/mol. The molecule has 0 saturated carbocycles. The molecule has 24 heavy (non-hydrogen) atoms. The number of carbonyl (C=O) groups is 1. The number of hydrogen-bond donors (Lipinski definition) is 1. The highest BCUT2D eigenvalue weighted by Gasteiger charge is 2.09. The Morgan fingerprint density at radius 2 is 1.75 bits per heavy atom. The van der Waals surface area contributed by atoms with E-state index in [9.17, 15) is 4.79 Å². The number of amidine groups is 1. The monoisotopic (exact) mass is 326 g/mol. The van der Waals surface area contributed by atoms with Gasteiger partial charge in [-0.15, -0.1) is 0 Å². The van der Waals surface area contributed by atoms with Gasteiger partial charge in [0.1, 0.15) is 5.75 Å². The summed E-state index contributed by atoms with van der Waals surface area (Å²) < 4.78 is 10.2. The standard InChI is InChI=1S/C19H22N2O3/c1-23-17-12-10-16(11-13-17)18(22)21-19(24-2)20-14-6-9-15-7-4-3-5-8-15/h3-5,7-8,10-13H,6,9,14H2,1-2H3,(H,20,21,22). The van der Waals surface area contributed by atoms with Crippen LogP contribution in [0.1, 0.15) is 22.3 Å². The molecule has 0 spiro atoms. The van der Waals surface area contributed by atoms with Gasteiger partial charge in [-0.05, 0) is 42.7 Å². The normalized spacial score (nSPS) is 11.0. The number of amides is 1. The Hall–Kier alpha value is -2.82. The number of hydrogen-bond acceptors (Lipinski definition) is 4. The molecule has 0 heterocycles. The first-order valence-corrected chi connectivity index (χ1v) is 7.80. The second-order valence-electron chi connectivity index (χ2n) is 5.16. The molecule has 0 fully saturated rings. The lowest BCUT2D eigenvalue weighted by Crippen LogP contribution is -2.32. The molecule has 2 aromatic rings. The molecule has 1 amide bonds. The van der Waals surface area contributed by atoms with Crippen LogP contribution in [-0.4, -0.2) is 32.7 Å². The van der Waals surface area contributed by atoms with E-state index >= 15 is 0 Å². The minimum Gasteiger partial charge on any atom is -0.497 e. The average Bonchev–Trinajstić information content (AvgIpc) is 2.65.